The number of anilines is 1. The molecule has 1 amide bonds. The quantitative estimate of drug-likeness (QED) is 0.238. The minimum absolute atomic E-state index is 0.0465. The summed E-state index contributed by atoms with van der Waals surface area (Å²) in [6.07, 6.45) is 0. The van der Waals surface area contributed by atoms with Gasteiger partial charge in [0.05, 0.1) is 26.7 Å². The number of aliphatic hydroxyl groups excluding tert-OH is 1. The van der Waals surface area contributed by atoms with Crippen LogP contribution in [0.5, 0.6) is 11.5 Å². The number of aliphatic hydroxyl groups is 1. The second-order valence-corrected chi connectivity index (χ2v) is 10.2. The number of carbonyl (C=O) groups excluding carboxylic acids is 2. The Labute approximate surface area is 218 Å². The number of ether oxygens (including phenoxy) is 1. The number of Topliss-reactive ketones (excluding diaryl/α,β-unsaturated/α-hetero) is 1. The van der Waals surface area contributed by atoms with Gasteiger partial charge in [0.15, 0.2) is 10.9 Å². The molecule has 0 saturated heterocycles. The number of ketones is 1. The monoisotopic (exact) mass is 528 g/mol. The summed E-state index contributed by atoms with van der Waals surface area (Å²) in [5.41, 5.74) is 1.01. The lowest BCUT2D eigenvalue weighted by molar-refractivity contribution is -0.117. The number of nitrogens with zero attached hydrogens (tertiary/aromatic N) is 2. The summed E-state index contributed by atoms with van der Waals surface area (Å²) < 4.78 is 20.4. The van der Waals surface area contributed by atoms with E-state index in [1.54, 1.807) is 41.8 Å². The molecule has 0 saturated carbocycles. The van der Waals surface area contributed by atoms with Crippen LogP contribution in [-0.4, -0.2) is 21.8 Å². The number of rotatable bonds is 6. The molecule has 1 aliphatic heterocycles. The van der Waals surface area contributed by atoms with Crippen LogP contribution in [-0.2, 0) is 4.79 Å². The number of carbonyl (C=O) groups is 2. The second kappa shape index (κ2) is 9.27. The van der Waals surface area contributed by atoms with E-state index in [1.807, 2.05) is 30.3 Å². The number of halogens is 1. The minimum Gasteiger partial charge on any atom is -0.503 e. The fraction of sp³-hybridized carbons (Fsp3) is 0.0357. The molecular weight excluding hydrogens is 511 g/mol. The number of amides is 1. The molecule has 3 heterocycles. The van der Waals surface area contributed by atoms with Crippen molar-refractivity contribution in [3.8, 4) is 11.5 Å². The molecule has 2 aromatic heterocycles. The lowest BCUT2D eigenvalue weighted by Crippen LogP contribution is -2.30. The van der Waals surface area contributed by atoms with Crippen LogP contribution in [0.1, 0.15) is 21.3 Å². The third-order valence-electron chi connectivity index (χ3n) is 5.90. The molecule has 1 unspecified atom stereocenters. The number of benzene rings is 3. The Morgan fingerprint density at radius 1 is 0.973 bits per heavy atom. The lowest BCUT2D eigenvalue weighted by atomic mass is 9.95. The van der Waals surface area contributed by atoms with E-state index in [9.17, 15) is 19.1 Å². The average Bonchev–Trinajstić information content (AvgIpc) is 3.63. The van der Waals surface area contributed by atoms with Gasteiger partial charge < -0.3 is 9.84 Å². The highest BCUT2D eigenvalue weighted by Crippen LogP contribution is 2.45. The molecule has 1 N–H and O–H groups in total. The highest BCUT2D eigenvalue weighted by Gasteiger charge is 2.46. The minimum atomic E-state index is -0.966. The summed E-state index contributed by atoms with van der Waals surface area (Å²) in [4.78, 5) is 33.2. The number of thiazole rings is 1. The molecule has 0 fully saturated rings. The SMILES string of the molecule is O=C(C1=C(O)C(=O)N(c2nc3ccc(F)cc3s2)C1c1cccc(Oc2ccccc2)c1)c1cccs1. The van der Waals surface area contributed by atoms with Gasteiger partial charge in [-0.2, -0.15) is 0 Å². The largest absolute Gasteiger partial charge is 0.503 e. The predicted octanol–water partition coefficient (Wildman–Crippen LogP) is 7.07. The van der Waals surface area contributed by atoms with Crippen LogP contribution >= 0.6 is 22.7 Å². The molecule has 1 aliphatic rings. The van der Waals surface area contributed by atoms with E-state index in [0.717, 1.165) is 11.3 Å². The van der Waals surface area contributed by atoms with E-state index in [-0.39, 0.29) is 10.7 Å². The summed E-state index contributed by atoms with van der Waals surface area (Å²) in [5, 5.41) is 13.0. The van der Waals surface area contributed by atoms with Crippen molar-refractivity contribution in [1.29, 1.82) is 0 Å². The van der Waals surface area contributed by atoms with Crippen LogP contribution < -0.4 is 9.64 Å². The summed E-state index contributed by atoms with van der Waals surface area (Å²) in [5.74, 6) is -1.14. The fourth-order valence-corrected chi connectivity index (χ4v) is 5.95. The topological polar surface area (TPSA) is 79.7 Å². The Morgan fingerprint density at radius 2 is 1.78 bits per heavy atom. The van der Waals surface area contributed by atoms with Gasteiger partial charge in [0, 0.05) is 0 Å². The van der Waals surface area contributed by atoms with E-state index < -0.39 is 29.3 Å². The number of thiophene rings is 1. The van der Waals surface area contributed by atoms with Gasteiger partial charge in [-0.25, -0.2) is 9.37 Å². The van der Waals surface area contributed by atoms with Gasteiger partial charge in [-0.15, -0.1) is 11.3 Å². The smallest absolute Gasteiger partial charge is 0.296 e. The molecule has 0 radical (unpaired) electrons. The highest BCUT2D eigenvalue weighted by atomic mass is 32.1. The molecule has 0 bridgehead atoms. The van der Waals surface area contributed by atoms with Gasteiger partial charge in [-0.05, 0) is 59.5 Å². The van der Waals surface area contributed by atoms with Crippen LogP contribution in [0.25, 0.3) is 10.2 Å². The van der Waals surface area contributed by atoms with Crippen molar-refractivity contribution in [3.63, 3.8) is 0 Å². The van der Waals surface area contributed by atoms with Crippen LogP contribution in [0.15, 0.2) is 102 Å². The van der Waals surface area contributed by atoms with Crippen molar-refractivity contribution in [1.82, 2.24) is 4.98 Å². The number of fused-ring (bicyclic) bond motifs is 1. The Hall–Kier alpha value is -4.34. The van der Waals surface area contributed by atoms with Crippen LogP contribution in [0.3, 0.4) is 0 Å². The third-order valence-corrected chi connectivity index (χ3v) is 7.78. The summed E-state index contributed by atoms with van der Waals surface area (Å²) in [6.45, 7) is 0. The van der Waals surface area contributed by atoms with E-state index in [0.29, 0.717) is 32.2 Å². The summed E-state index contributed by atoms with van der Waals surface area (Å²) in [7, 11) is 0. The first-order valence-electron chi connectivity index (χ1n) is 11.2. The van der Waals surface area contributed by atoms with E-state index >= 15 is 0 Å². The number of hydrogen-bond acceptors (Lipinski definition) is 7. The van der Waals surface area contributed by atoms with Gasteiger partial charge >= 0.3 is 0 Å². The summed E-state index contributed by atoms with van der Waals surface area (Å²) >= 11 is 2.33. The first kappa shape index (κ1) is 23.1. The maximum absolute atomic E-state index is 13.8. The Morgan fingerprint density at radius 3 is 2.57 bits per heavy atom. The molecule has 37 heavy (non-hydrogen) atoms. The zero-order chi connectivity index (χ0) is 25.5. The first-order valence-corrected chi connectivity index (χ1v) is 12.9. The van der Waals surface area contributed by atoms with Crippen molar-refractivity contribution in [2.24, 2.45) is 0 Å². The van der Waals surface area contributed by atoms with E-state index in [4.69, 9.17) is 4.74 Å². The van der Waals surface area contributed by atoms with Crippen molar-refractivity contribution < 1.29 is 23.8 Å². The zero-order valence-electron chi connectivity index (χ0n) is 19.0. The first-order chi connectivity index (χ1) is 18.0. The molecule has 5 aromatic rings. The molecule has 9 heteroatoms. The Balaban J connectivity index is 1.48. The number of hydrogen-bond donors (Lipinski definition) is 1. The molecule has 0 spiro atoms. The molecule has 0 aliphatic carbocycles. The molecular formula is C28H17FN2O4S2. The molecule has 182 valence electrons. The number of aromatic nitrogens is 1. The van der Waals surface area contributed by atoms with E-state index in [2.05, 4.69) is 4.98 Å². The Bertz CT molecular complexity index is 1680. The number of para-hydroxylation sites is 1. The molecule has 1 atom stereocenters. The van der Waals surface area contributed by atoms with Crippen molar-refractivity contribution in [2.45, 2.75) is 6.04 Å². The van der Waals surface area contributed by atoms with E-state index in [1.165, 1.54) is 34.4 Å². The normalized spacial score (nSPS) is 15.5. The fourth-order valence-electron chi connectivity index (χ4n) is 4.25. The van der Waals surface area contributed by atoms with Gasteiger partial charge in [-0.3, -0.25) is 14.5 Å². The van der Waals surface area contributed by atoms with Crippen LogP contribution in [0, 0.1) is 5.82 Å². The van der Waals surface area contributed by atoms with Gasteiger partial charge in [-0.1, -0.05) is 47.7 Å². The lowest BCUT2D eigenvalue weighted by Gasteiger charge is -2.24. The molecule has 6 nitrogen and oxygen atoms in total. The van der Waals surface area contributed by atoms with Gasteiger partial charge in [0.1, 0.15) is 17.3 Å². The predicted molar refractivity (Wildman–Crippen MR) is 141 cm³/mol. The maximum Gasteiger partial charge on any atom is 0.296 e. The average molecular weight is 529 g/mol. The summed E-state index contributed by atoms with van der Waals surface area (Å²) in [6, 6.07) is 22.8. The zero-order valence-corrected chi connectivity index (χ0v) is 20.6. The highest BCUT2D eigenvalue weighted by molar-refractivity contribution is 7.22. The standard InChI is InChI=1S/C28H17FN2O4S2/c29-17-11-12-20-22(15-17)37-28(30-20)31-24(23(26(33)27(31)34)25(32)21-10-5-13-36-21)16-6-4-9-19(14-16)35-18-7-2-1-3-8-18/h1-15,24,33H. The second-order valence-electron chi connectivity index (χ2n) is 8.24. The van der Waals surface area contributed by atoms with Gasteiger partial charge in [0.2, 0.25) is 5.78 Å². The maximum atomic E-state index is 13.8. The van der Waals surface area contributed by atoms with Crippen LogP contribution in [0.4, 0.5) is 9.52 Å². The molecule has 6 rings (SSSR count). The van der Waals surface area contributed by atoms with Crippen molar-refractivity contribution in [2.75, 3.05) is 4.90 Å². The van der Waals surface area contributed by atoms with Crippen molar-refractivity contribution in [3.05, 3.63) is 118 Å². The van der Waals surface area contributed by atoms with Crippen molar-refractivity contribution >= 4 is 49.7 Å². The molecule has 3 aromatic carbocycles. The third kappa shape index (κ3) is 4.18. The van der Waals surface area contributed by atoms with Crippen LogP contribution in [0.2, 0.25) is 0 Å². The Kier molecular flexibility index (Phi) is 5.78. The van der Waals surface area contributed by atoms with Gasteiger partial charge in [0.25, 0.3) is 5.91 Å².